The smallest absolute Gasteiger partial charge is 0.324 e. The molecule has 0 bridgehead atoms. The molecule has 0 atom stereocenters. The van der Waals surface area contributed by atoms with E-state index in [4.69, 9.17) is 9.79 Å². The second kappa shape index (κ2) is 12.2. The van der Waals surface area contributed by atoms with Crippen molar-refractivity contribution >= 4 is 7.60 Å². The van der Waals surface area contributed by atoms with Gasteiger partial charge in [0.25, 0.3) is 0 Å². The van der Waals surface area contributed by atoms with Gasteiger partial charge in [-0.3, -0.25) is 4.57 Å². The molecule has 0 saturated heterocycles. The van der Waals surface area contributed by atoms with E-state index in [0.717, 1.165) is 43.2 Å². The van der Waals surface area contributed by atoms with Gasteiger partial charge in [0.05, 0.1) is 6.16 Å². The zero-order chi connectivity index (χ0) is 21.1. The summed E-state index contributed by atoms with van der Waals surface area (Å²) >= 11 is 0. The molecule has 0 spiro atoms. The molecule has 3 N–H and O–H groups in total. The first-order chi connectivity index (χ1) is 13.8. The van der Waals surface area contributed by atoms with Crippen LogP contribution in [0.5, 0.6) is 0 Å². The zero-order valence-electron chi connectivity index (χ0n) is 16.6. The third-order valence-corrected chi connectivity index (χ3v) is 5.72. The first-order valence-corrected chi connectivity index (χ1v) is 11.9. The monoisotopic (exact) mass is 425 g/mol. The molecule has 0 aromatic heterocycles. The summed E-state index contributed by atoms with van der Waals surface area (Å²) in [5.41, 5.74) is 2.68. The molecule has 0 fully saturated rings. The van der Waals surface area contributed by atoms with Crippen LogP contribution in [0.4, 0.5) is 8.78 Å². The Balaban J connectivity index is 1.60. The molecule has 2 aromatic rings. The van der Waals surface area contributed by atoms with Crippen LogP contribution >= 0.6 is 7.60 Å². The number of halogens is 2. The van der Waals surface area contributed by atoms with E-state index in [1.807, 2.05) is 24.3 Å². The summed E-state index contributed by atoms with van der Waals surface area (Å²) in [4.78, 5) is 17.6. The summed E-state index contributed by atoms with van der Waals surface area (Å²) in [5.74, 6) is -0.414. The number of benzene rings is 2. The van der Waals surface area contributed by atoms with Crippen molar-refractivity contribution in [2.75, 3.05) is 12.7 Å². The highest BCUT2D eigenvalue weighted by Crippen LogP contribution is 2.34. The summed E-state index contributed by atoms with van der Waals surface area (Å²) in [7, 11) is -3.94. The number of hydrogen-bond donors (Lipinski definition) is 3. The van der Waals surface area contributed by atoms with Gasteiger partial charge >= 0.3 is 7.60 Å². The molecule has 2 aromatic carbocycles. The van der Waals surface area contributed by atoms with Crippen molar-refractivity contribution in [3.63, 3.8) is 0 Å². The van der Waals surface area contributed by atoms with Gasteiger partial charge < -0.3 is 15.1 Å². The molecule has 0 aliphatic carbocycles. The molecule has 0 heterocycles. The van der Waals surface area contributed by atoms with Gasteiger partial charge in [-0.1, -0.05) is 37.1 Å². The van der Waals surface area contributed by atoms with Gasteiger partial charge in [-0.15, -0.1) is 0 Å². The summed E-state index contributed by atoms with van der Waals surface area (Å²) in [6, 6.07) is 11.8. The van der Waals surface area contributed by atoms with Gasteiger partial charge in [0.15, 0.2) is 0 Å². The SMILES string of the molecule is O=P(O)(O)CCCNCc1ccc(CCCCCCc2ccc(F)cc2)c(F)c1. The fourth-order valence-corrected chi connectivity index (χ4v) is 3.77. The Kier molecular flexibility index (Phi) is 9.95. The fourth-order valence-electron chi connectivity index (χ4n) is 3.20. The number of nitrogens with one attached hydrogen (secondary N) is 1. The van der Waals surface area contributed by atoms with Crippen molar-refractivity contribution < 1.29 is 23.1 Å². The minimum Gasteiger partial charge on any atom is -0.324 e. The van der Waals surface area contributed by atoms with Gasteiger partial charge in [-0.05, 0) is 73.5 Å². The number of hydrogen-bond acceptors (Lipinski definition) is 2. The first kappa shape index (κ1) is 23.7. The minimum atomic E-state index is -3.94. The maximum Gasteiger partial charge on any atom is 0.325 e. The van der Waals surface area contributed by atoms with Crippen molar-refractivity contribution in [1.29, 1.82) is 0 Å². The summed E-state index contributed by atoms with van der Waals surface area (Å²) in [6.45, 7) is 0.953. The predicted molar refractivity (Wildman–Crippen MR) is 112 cm³/mol. The van der Waals surface area contributed by atoms with Crippen molar-refractivity contribution in [3.05, 3.63) is 70.8 Å². The Hall–Kier alpha value is -1.59. The molecule has 7 heteroatoms. The van der Waals surface area contributed by atoms with Crippen LogP contribution in [-0.4, -0.2) is 22.5 Å². The van der Waals surface area contributed by atoms with E-state index in [2.05, 4.69) is 5.32 Å². The van der Waals surface area contributed by atoms with E-state index in [9.17, 15) is 13.3 Å². The molecule has 0 amide bonds. The first-order valence-electron chi connectivity index (χ1n) is 10.1. The maximum atomic E-state index is 14.2. The van der Waals surface area contributed by atoms with Gasteiger partial charge in [0, 0.05) is 6.54 Å². The maximum absolute atomic E-state index is 14.2. The summed E-state index contributed by atoms with van der Waals surface area (Å²) in [6.07, 6.45) is 5.95. The average molecular weight is 425 g/mol. The average Bonchev–Trinajstić information content (AvgIpc) is 2.66. The number of rotatable bonds is 13. The van der Waals surface area contributed by atoms with Crippen LogP contribution in [0, 0.1) is 11.6 Å². The highest BCUT2D eigenvalue weighted by Gasteiger charge is 2.11. The van der Waals surface area contributed by atoms with Crippen LogP contribution in [0.1, 0.15) is 48.8 Å². The molecule has 160 valence electrons. The zero-order valence-corrected chi connectivity index (χ0v) is 17.5. The van der Waals surface area contributed by atoms with E-state index in [1.54, 1.807) is 0 Å². The summed E-state index contributed by atoms with van der Waals surface area (Å²) < 4.78 is 37.9. The quantitative estimate of drug-likeness (QED) is 0.313. The van der Waals surface area contributed by atoms with Crippen molar-refractivity contribution in [1.82, 2.24) is 5.32 Å². The molecule has 0 aliphatic rings. The normalized spacial score (nSPS) is 11.7. The topological polar surface area (TPSA) is 69.6 Å². The lowest BCUT2D eigenvalue weighted by atomic mass is 10.0. The molecular formula is C22H30F2NO3P. The Morgan fingerprint density at radius 1 is 0.828 bits per heavy atom. The highest BCUT2D eigenvalue weighted by molar-refractivity contribution is 7.51. The molecular weight excluding hydrogens is 395 g/mol. The Morgan fingerprint density at radius 3 is 2.14 bits per heavy atom. The minimum absolute atomic E-state index is 0.142. The van der Waals surface area contributed by atoms with Crippen molar-refractivity contribution in [2.45, 2.75) is 51.5 Å². The molecule has 0 saturated carbocycles. The lowest BCUT2D eigenvalue weighted by Gasteiger charge is -2.08. The third-order valence-electron chi connectivity index (χ3n) is 4.82. The van der Waals surface area contributed by atoms with Gasteiger partial charge in [-0.2, -0.15) is 0 Å². The Bertz CT molecular complexity index is 793. The van der Waals surface area contributed by atoms with Crippen LogP contribution in [-0.2, 0) is 24.0 Å². The second-order valence-electron chi connectivity index (χ2n) is 7.39. The van der Waals surface area contributed by atoms with Crippen molar-refractivity contribution in [2.24, 2.45) is 0 Å². The van der Waals surface area contributed by atoms with Gasteiger partial charge in [-0.25, -0.2) is 8.78 Å². The summed E-state index contributed by atoms with van der Waals surface area (Å²) in [5, 5.41) is 3.07. The van der Waals surface area contributed by atoms with E-state index in [0.29, 0.717) is 31.5 Å². The van der Waals surface area contributed by atoms with Crippen LogP contribution < -0.4 is 5.32 Å². The van der Waals surface area contributed by atoms with E-state index in [1.165, 1.54) is 18.2 Å². The van der Waals surface area contributed by atoms with Crippen molar-refractivity contribution in [3.8, 4) is 0 Å². The van der Waals surface area contributed by atoms with Gasteiger partial charge in [0.1, 0.15) is 11.6 Å². The van der Waals surface area contributed by atoms with Crippen LogP contribution in [0.2, 0.25) is 0 Å². The molecule has 29 heavy (non-hydrogen) atoms. The number of unbranched alkanes of at least 4 members (excludes halogenated alkanes) is 3. The molecule has 0 radical (unpaired) electrons. The largest absolute Gasteiger partial charge is 0.325 e. The Morgan fingerprint density at radius 2 is 1.48 bits per heavy atom. The standard InChI is InChI=1S/C22H30F2NO3P/c23-21-12-9-18(10-13-21)6-3-1-2-4-7-20-11-8-19(16-22(20)24)17-25-14-5-15-29(26,27)28/h8-13,16,25H,1-7,14-15,17H2,(H2,26,27,28). The fraction of sp³-hybridized carbons (Fsp3) is 0.455. The van der Waals surface area contributed by atoms with E-state index in [-0.39, 0.29) is 17.8 Å². The Labute approximate surface area is 171 Å². The predicted octanol–water partition coefficient (Wildman–Crippen LogP) is 4.97. The van der Waals surface area contributed by atoms with Gasteiger partial charge in [0.2, 0.25) is 0 Å². The second-order valence-corrected chi connectivity index (χ2v) is 9.16. The lowest BCUT2D eigenvalue weighted by molar-refractivity contribution is 0.371. The lowest BCUT2D eigenvalue weighted by Crippen LogP contribution is -2.16. The number of aryl methyl sites for hydroxylation is 2. The third kappa shape index (κ3) is 10.1. The molecule has 4 nitrogen and oxygen atoms in total. The van der Waals surface area contributed by atoms with E-state index >= 15 is 0 Å². The van der Waals surface area contributed by atoms with Crippen LogP contribution in [0.3, 0.4) is 0 Å². The highest BCUT2D eigenvalue weighted by atomic mass is 31.2. The molecule has 0 unspecified atom stereocenters. The molecule has 2 rings (SSSR count). The van der Waals surface area contributed by atoms with E-state index < -0.39 is 7.60 Å². The van der Waals surface area contributed by atoms with Crippen LogP contribution in [0.15, 0.2) is 42.5 Å². The van der Waals surface area contributed by atoms with Crippen LogP contribution in [0.25, 0.3) is 0 Å². The molecule has 0 aliphatic heterocycles.